The van der Waals surface area contributed by atoms with E-state index in [1.807, 2.05) is 36.4 Å². The minimum atomic E-state index is -0.107. The van der Waals surface area contributed by atoms with Crippen molar-refractivity contribution in [3.8, 4) is 0 Å². The van der Waals surface area contributed by atoms with Crippen molar-refractivity contribution in [1.29, 1.82) is 0 Å². The first-order valence-corrected chi connectivity index (χ1v) is 6.91. The summed E-state index contributed by atoms with van der Waals surface area (Å²) in [4.78, 5) is 11.7. The van der Waals surface area contributed by atoms with Gasteiger partial charge in [-0.25, -0.2) is 0 Å². The average molecular weight is 269 g/mol. The molecule has 0 heterocycles. The van der Waals surface area contributed by atoms with Gasteiger partial charge in [0.15, 0.2) is 0 Å². The molecule has 1 rings (SSSR count). The van der Waals surface area contributed by atoms with Crippen molar-refractivity contribution in [2.24, 2.45) is 0 Å². The van der Waals surface area contributed by atoms with Crippen molar-refractivity contribution in [2.75, 3.05) is 5.32 Å². The van der Waals surface area contributed by atoms with Gasteiger partial charge in [0.2, 0.25) is 5.91 Å². The van der Waals surface area contributed by atoms with Crippen LogP contribution in [0.3, 0.4) is 0 Å². The van der Waals surface area contributed by atoms with Crippen LogP contribution in [0.25, 0.3) is 0 Å². The van der Waals surface area contributed by atoms with E-state index in [0.29, 0.717) is 0 Å². The normalized spacial score (nSPS) is 11.4. The SMILES string of the molecule is CC(C)=CCC/C(C)=C/C=C/C(=O)Nc1ccccc1. The fourth-order valence-corrected chi connectivity index (χ4v) is 1.68. The molecule has 106 valence electrons. The minimum Gasteiger partial charge on any atom is -0.323 e. The Morgan fingerprint density at radius 1 is 1.15 bits per heavy atom. The van der Waals surface area contributed by atoms with E-state index >= 15 is 0 Å². The smallest absolute Gasteiger partial charge is 0.248 e. The molecule has 1 amide bonds. The molecular weight excluding hydrogens is 246 g/mol. The van der Waals surface area contributed by atoms with E-state index in [1.165, 1.54) is 11.1 Å². The van der Waals surface area contributed by atoms with Crippen LogP contribution in [0.15, 0.2) is 65.8 Å². The first kappa shape index (κ1) is 16.0. The fourth-order valence-electron chi connectivity index (χ4n) is 1.68. The highest BCUT2D eigenvalue weighted by atomic mass is 16.1. The van der Waals surface area contributed by atoms with E-state index in [-0.39, 0.29) is 5.91 Å². The molecule has 0 unspecified atom stereocenters. The number of carbonyl (C=O) groups excluding carboxylic acids is 1. The lowest BCUT2D eigenvalue weighted by atomic mass is 10.1. The highest BCUT2D eigenvalue weighted by Gasteiger charge is 1.95. The van der Waals surface area contributed by atoms with Gasteiger partial charge in [0.1, 0.15) is 0 Å². The van der Waals surface area contributed by atoms with Crippen LogP contribution >= 0.6 is 0 Å². The van der Waals surface area contributed by atoms with E-state index in [1.54, 1.807) is 12.2 Å². The molecule has 2 nitrogen and oxygen atoms in total. The van der Waals surface area contributed by atoms with Crippen LogP contribution in [0.4, 0.5) is 5.69 Å². The Bertz CT molecular complexity index is 505. The zero-order valence-electron chi connectivity index (χ0n) is 12.5. The standard InChI is InChI=1S/C18H23NO/c1-15(2)9-7-10-16(3)11-8-14-18(20)19-17-12-5-4-6-13-17/h4-6,8-9,11-14H,7,10H2,1-3H3,(H,19,20)/b14-8+,16-11+. The second kappa shape index (κ2) is 8.92. The van der Waals surface area contributed by atoms with E-state index in [0.717, 1.165) is 18.5 Å². The van der Waals surface area contributed by atoms with Gasteiger partial charge in [-0.1, -0.05) is 47.6 Å². The molecule has 0 aliphatic heterocycles. The summed E-state index contributed by atoms with van der Waals surface area (Å²) < 4.78 is 0. The van der Waals surface area contributed by atoms with Gasteiger partial charge >= 0.3 is 0 Å². The van der Waals surface area contributed by atoms with Crippen LogP contribution in [0, 0.1) is 0 Å². The van der Waals surface area contributed by atoms with E-state index < -0.39 is 0 Å². The molecule has 0 atom stereocenters. The van der Waals surface area contributed by atoms with Gasteiger partial charge in [-0.3, -0.25) is 4.79 Å². The van der Waals surface area contributed by atoms with Gasteiger partial charge < -0.3 is 5.32 Å². The van der Waals surface area contributed by atoms with Gasteiger partial charge in [0.25, 0.3) is 0 Å². The Kier molecular flexibility index (Phi) is 7.12. The van der Waals surface area contributed by atoms with Crippen LogP contribution < -0.4 is 5.32 Å². The molecule has 0 spiro atoms. The van der Waals surface area contributed by atoms with Gasteiger partial charge in [-0.15, -0.1) is 0 Å². The van der Waals surface area contributed by atoms with Gasteiger partial charge in [0.05, 0.1) is 0 Å². The summed E-state index contributed by atoms with van der Waals surface area (Å²) in [7, 11) is 0. The lowest BCUT2D eigenvalue weighted by Crippen LogP contribution is -2.07. The van der Waals surface area contributed by atoms with E-state index in [2.05, 4.69) is 32.2 Å². The summed E-state index contributed by atoms with van der Waals surface area (Å²) >= 11 is 0. The lowest BCUT2D eigenvalue weighted by Gasteiger charge is -2.00. The number of hydrogen-bond donors (Lipinski definition) is 1. The number of carbonyl (C=O) groups is 1. The third-order valence-electron chi connectivity index (χ3n) is 2.76. The number of nitrogens with one attached hydrogen (secondary N) is 1. The predicted molar refractivity (Wildman–Crippen MR) is 86.6 cm³/mol. The molecule has 1 aromatic carbocycles. The van der Waals surface area contributed by atoms with Gasteiger partial charge in [-0.05, 0) is 45.7 Å². The third kappa shape index (κ3) is 7.37. The van der Waals surface area contributed by atoms with Crippen LogP contribution in [-0.4, -0.2) is 5.91 Å². The minimum absolute atomic E-state index is 0.107. The molecule has 0 bridgehead atoms. The topological polar surface area (TPSA) is 29.1 Å². The number of benzene rings is 1. The van der Waals surface area contributed by atoms with E-state index in [4.69, 9.17) is 0 Å². The maximum Gasteiger partial charge on any atom is 0.248 e. The molecule has 1 aromatic rings. The molecule has 1 N–H and O–H groups in total. The molecule has 0 saturated carbocycles. The summed E-state index contributed by atoms with van der Waals surface area (Å²) in [6.45, 7) is 6.29. The van der Waals surface area contributed by atoms with Crippen molar-refractivity contribution in [1.82, 2.24) is 0 Å². The number of para-hydroxylation sites is 1. The molecule has 0 aliphatic carbocycles. The Morgan fingerprint density at radius 3 is 2.50 bits per heavy atom. The summed E-state index contributed by atoms with van der Waals surface area (Å²) in [6.07, 6.45) is 9.64. The fraction of sp³-hybridized carbons (Fsp3) is 0.278. The van der Waals surface area contributed by atoms with Gasteiger partial charge in [0, 0.05) is 11.8 Å². The van der Waals surface area contributed by atoms with Crippen molar-refractivity contribution < 1.29 is 4.79 Å². The Labute approximate surface area is 121 Å². The second-order valence-corrected chi connectivity index (χ2v) is 5.05. The molecule has 2 heteroatoms. The molecule has 0 fully saturated rings. The number of rotatable bonds is 6. The Balaban J connectivity index is 2.39. The molecular formula is C18H23NO. The molecule has 0 aliphatic rings. The molecule has 0 aromatic heterocycles. The summed E-state index contributed by atoms with van der Waals surface area (Å²) in [5.74, 6) is -0.107. The third-order valence-corrected chi connectivity index (χ3v) is 2.76. The summed E-state index contributed by atoms with van der Waals surface area (Å²) in [6, 6.07) is 9.45. The van der Waals surface area contributed by atoms with Crippen LogP contribution in [0.5, 0.6) is 0 Å². The van der Waals surface area contributed by atoms with Crippen LogP contribution in [0.2, 0.25) is 0 Å². The van der Waals surface area contributed by atoms with Crippen molar-refractivity contribution in [2.45, 2.75) is 33.6 Å². The number of hydrogen-bond acceptors (Lipinski definition) is 1. The van der Waals surface area contributed by atoms with Crippen molar-refractivity contribution in [3.63, 3.8) is 0 Å². The first-order chi connectivity index (χ1) is 9.58. The summed E-state index contributed by atoms with van der Waals surface area (Å²) in [5.41, 5.74) is 3.42. The highest BCUT2D eigenvalue weighted by Crippen LogP contribution is 2.07. The average Bonchev–Trinajstić information content (AvgIpc) is 2.39. The van der Waals surface area contributed by atoms with Crippen molar-refractivity contribution in [3.05, 3.63) is 65.8 Å². The van der Waals surface area contributed by atoms with Gasteiger partial charge in [-0.2, -0.15) is 0 Å². The molecule has 0 radical (unpaired) electrons. The van der Waals surface area contributed by atoms with Crippen molar-refractivity contribution >= 4 is 11.6 Å². The maximum absolute atomic E-state index is 11.7. The maximum atomic E-state index is 11.7. The second-order valence-electron chi connectivity index (χ2n) is 5.05. The number of anilines is 1. The molecule has 0 saturated heterocycles. The zero-order chi connectivity index (χ0) is 14.8. The number of amides is 1. The Hall–Kier alpha value is -2.09. The van der Waals surface area contributed by atoms with E-state index in [9.17, 15) is 4.79 Å². The Morgan fingerprint density at radius 2 is 1.85 bits per heavy atom. The molecule has 20 heavy (non-hydrogen) atoms. The number of allylic oxidation sites excluding steroid dienone is 5. The first-order valence-electron chi connectivity index (χ1n) is 6.91. The highest BCUT2D eigenvalue weighted by molar-refractivity contribution is 5.99. The monoisotopic (exact) mass is 269 g/mol. The van der Waals surface area contributed by atoms with Crippen LogP contribution in [-0.2, 0) is 4.79 Å². The zero-order valence-corrected chi connectivity index (χ0v) is 12.5. The largest absolute Gasteiger partial charge is 0.323 e. The quantitative estimate of drug-likeness (QED) is 0.445. The lowest BCUT2D eigenvalue weighted by molar-refractivity contribution is -0.111. The van der Waals surface area contributed by atoms with Crippen LogP contribution in [0.1, 0.15) is 33.6 Å². The predicted octanol–water partition coefficient (Wildman–Crippen LogP) is 4.87. The summed E-state index contributed by atoms with van der Waals surface area (Å²) in [5, 5.41) is 2.81.